The Bertz CT molecular complexity index is 1300. The highest BCUT2D eigenvalue weighted by atomic mass is 16.6. The van der Waals surface area contributed by atoms with Crippen molar-refractivity contribution in [2.45, 2.75) is 78.4 Å². The molecular formula is C33H38N2O8. The Balaban J connectivity index is 1.58. The third-order valence-corrected chi connectivity index (χ3v) is 7.31. The standard InChI is InChI=1S/C33H38N2O8/c1-31(2,3)42-29(40)33(30(41)43-32(4,5)6,17-11-19-34-25(36)21-13-7-8-14-22(21)26(34)37)18-12-20-35-27(38)23-15-9-10-16-24(23)28(35)39/h7-10,13-16H,11-12,17-20H2,1-6H3. The molecule has 0 spiro atoms. The molecule has 0 saturated heterocycles. The molecule has 228 valence electrons. The molecule has 2 aromatic carbocycles. The van der Waals surface area contributed by atoms with Gasteiger partial charge in [0.25, 0.3) is 23.6 Å². The maximum absolute atomic E-state index is 13.9. The maximum Gasteiger partial charge on any atom is 0.324 e. The van der Waals surface area contributed by atoms with Gasteiger partial charge in [0.15, 0.2) is 5.41 Å². The topological polar surface area (TPSA) is 127 Å². The van der Waals surface area contributed by atoms with Crippen LogP contribution in [0, 0.1) is 5.41 Å². The molecule has 0 saturated carbocycles. The molecule has 10 heteroatoms. The molecule has 0 unspecified atom stereocenters. The van der Waals surface area contributed by atoms with Crippen molar-refractivity contribution >= 4 is 35.6 Å². The SMILES string of the molecule is CC(C)(C)OC(=O)C(CCCN1C(=O)c2ccccc2C1=O)(CCCN1C(=O)c2ccccc2C1=O)C(=O)OC(C)(C)C. The average Bonchev–Trinajstić information content (AvgIpc) is 3.30. The van der Waals surface area contributed by atoms with Crippen LogP contribution < -0.4 is 0 Å². The number of carbonyl (C=O) groups excluding carboxylic acids is 6. The Morgan fingerprint density at radius 3 is 1.09 bits per heavy atom. The summed E-state index contributed by atoms with van der Waals surface area (Å²) in [5, 5.41) is 0. The molecule has 4 amide bonds. The number of rotatable bonds is 10. The van der Waals surface area contributed by atoms with Gasteiger partial charge in [-0.05, 0) is 91.5 Å². The van der Waals surface area contributed by atoms with Crippen LogP contribution in [0.15, 0.2) is 48.5 Å². The van der Waals surface area contributed by atoms with E-state index in [2.05, 4.69) is 0 Å². The third kappa shape index (κ3) is 6.53. The van der Waals surface area contributed by atoms with E-state index in [1.807, 2.05) is 0 Å². The summed E-state index contributed by atoms with van der Waals surface area (Å²) in [4.78, 5) is 81.7. The number of esters is 2. The molecule has 0 aliphatic carbocycles. The summed E-state index contributed by atoms with van der Waals surface area (Å²) < 4.78 is 11.5. The van der Waals surface area contributed by atoms with Crippen molar-refractivity contribution in [2.75, 3.05) is 13.1 Å². The monoisotopic (exact) mass is 590 g/mol. The Hall–Kier alpha value is -4.34. The summed E-state index contributed by atoms with van der Waals surface area (Å²) in [5.41, 5.74) is -2.47. The van der Waals surface area contributed by atoms with E-state index in [-0.39, 0.29) is 38.8 Å². The van der Waals surface area contributed by atoms with Crippen molar-refractivity contribution in [2.24, 2.45) is 5.41 Å². The highest BCUT2D eigenvalue weighted by Gasteiger charge is 2.51. The van der Waals surface area contributed by atoms with Gasteiger partial charge in [0.2, 0.25) is 0 Å². The lowest BCUT2D eigenvalue weighted by Crippen LogP contribution is -2.47. The number of imide groups is 2. The Labute approximate surface area is 251 Å². The van der Waals surface area contributed by atoms with Crippen molar-refractivity contribution in [3.05, 3.63) is 70.8 Å². The van der Waals surface area contributed by atoms with Crippen LogP contribution in [-0.2, 0) is 19.1 Å². The lowest BCUT2D eigenvalue weighted by Gasteiger charge is -2.35. The number of hydrogen-bond donors (Lipinski definition) is 0. The van der Waals surface area contributed by atoms with Gasteiger partial charge >= 0.3 is 11.9 Å². The first-order valence-corrected chi connectivity index (χ1v) is 14.4. The molecule has 0 N–H and O–H groups in total. The fourth-order valence-electron chi connectivity index (χ4n) is 5.33. The largest absolute Gasteiger partial charge is 0.459 e. The second kappa shape index (κ2) is 11.7. The summed E-state index contributed by atoms with van der Waals surface area (Å²) in [6.45, 7) is 10.0. The van der Waals surface area contributed by atoms with Gasteiger partial charge in [-0.15, -0.1) is 0 Å². The van der Waals surface area contributed by atoms with E-state index in [0.717, 1.165) is 9.80 Å². The second-order valence-electron chi connectivity index (χ2n) is 12.9. The Morgan fingerprint density at radius 2 is 0.837 bits per heavy atom. The van der Waals surface area contributed by atoms with E-state index in [1.54, 1.807) is 90.1 Å². The fraction of sp³-hybridized carbons (Fsp3) is 0.455. The molecule has 0 fully saturated rings. The Kier molecular flexibility index (Phi) is 8.63. The van der Waals surface area contributed by atoms with Gasteiger partial charge in [0.1, 0.15) is 11.2 Å². The summed E-state index contributed by atoms with van der Waals surface area (Å²) in [7, 11) is 0. The first-order valence-electron chi connectivity index (χ1n) is 14.4. The molecule has 0 radical (unpaired) electrons. The van der Waals surface area contributed by atoms with Gasteiger partial charge in [-0.25, -0.2) is 0 Å². The van der Waals surface area contributed by atoms with Crippen molar-refractivity contribution in [1.82, 2.24) is 9.80 Å². The normalized spacial score (nSPS) is 15.1. The zero-order valence-corrected chi connectivity index (χ0v) is 25.5. The smallest absolute Gasteiger partial charge is 0.324 e. The molecule has 2 aromatic rings. The molecule has 4 rings (SSSR count). The molecule has 0 bridgehead atoms. The number of carbonyl (C=O) groups is 6. The minimum atomic E-state index is -1.82. The van der Waals surface area contributed by atoms with Gasteiger partial charge < -0.3 is 9.47 Å². The highest BCUT2D eigenvalue weighted by Crippen LogP contribution is 2.37. The minimum Gasteiger partial charge on any atom is -0.459 e. The fourth-order valence-corrected chi connectivity index (χ4v) is 5.33. The zero-order chi connectivity index (χ0) is 31.7. The van der Waals surface area contributed by atoms with Crippen molar-refractivity contribution in [3.8, 4) is 0 Å². The number of fused-ring (bicyclic) bond motifs is 2. The summed E-state index contributed by atoms with van der Waals surface area (Å²) in [6.07, 6.45) is 0.0344. The molecule has 0 atom stereocenters. The van der Waals surface area contributed by atoms with E-state index in [4.69, 9.17) is 9.47 Å². The van der Waals surface area contributed by atoms with Crippen molar-refractivity contribution in [3.63, 3.8) is 0 Å². The van der Waals surface area contributed by atoms with Crippen LogP contribution in [0.3, 0.4) is 0 Å². The van der Waals surface area contributed by atoms with Gasteiger partial charge in [-0.1, -0.05) is 24.3 Å². The minimum absolute atomic E-state index is 0.0297. The summed E-state index contributed by atoms with van der Waals surface area (Å²) in [5.74, 6) is -3.37. The number of nitrogens with zero attached hydrogens (tertiary/aromatic N) is 2. The van der Waals surface area contributed by atoms with Gasteiger partial charge in [-0.3, -0.25) is 38.6 Å². The van der Waals surface area contributed by atoms with Crippen LogP contribution in [0.1, 0.15) is 109 Å². The first-order chi connectivity index (χ1) is 20.1. The van der Waals surface area contributed by atoms with Gasteiger partial charge in [0, 0.05) is 13.1 Å². The van der Waals surface area contributed by atoms with E-state index < -0.39 is 52.2 Å². The summed E-state index contributed by atoms with van der Waals surface area (Å²) >= 11 is 0. The van der Waals surface area contributed by atoms with Crippen LogP contribution in [0.4, 0.5) is 0 Å². The zero-order valence-electron chi connectivity index (χ0n) is 25.5. The number of hydrogen-bond acceptors (Lipinski definition) is 8. The average molecular weight is 591 g/mol. The predicted octanol–water partition coefficient (Wildman–Crippen LogP) is 4.81. The number of ether oxygens (including phenoxy) is 2. The van der Waals surface area contributed by atoms with Gasteiger partial charge in [0.05, 0.1) is 22.3 Å². The number of amides is 4. The molecule has 2 aliphatic rings. The molecular weight excluding hydrogens is 552 g/mol. The molecule has 43 heavy (non-hydrogen) atoms. The van der Waals surface area contributed by atoms with E-state index in [9.17, 15) is 28.8 Å². The van der Waals surface area contributed by atoms with Crippen LogP contribution in [0.2, 0.25) is 0 Å². The highest BCUT2D eigenvalue weighted by molar-refractivity contribution is 6.22. The third-order valence-electron chi connectivity index (χ3n) is 7.31. The van der Waals surface area contributed by atoms with Crippen LogP contribution in [0.5, 0.6) is 0 Å². The molecule has 2 aliphatic heterocycles. The van der Waals surface area contributed by atoms with Crippen molar-refractivity contribution < 1.29 is 38.2 Å². The lowest BCUT2D eigenvalue weighted by atomic mass is 9.78. The lowest BCUT2D eigenvalue weighted by molar-refractivity contribution is -0.187. The molecule has 0 aromatic heterocycles. The van der Waals surface area contributed by atoms with E-state index in [1.165, 1.54) is 0 Å². The summed E-state index contributed by atoms with van der Waals surface area (Å²) in [6, 6.07) is 13.0. The van der Waals surface area contributed by atoms with E-state index >= 15 is 0 Å². The predicted molar refractivity (Wildman–Crippen MR) is 156 cm³/mol. The van der Waals surface area contributed by atoms with Crippen LogP contribution in [-0.4, -0.2) is 69.7 Å². The molecule has 10 nitrogen and oxygen atoms in total. The Morgan fingerprint density at radius 1 is 0.558 bits per heavy atom. The van der Waals surface area contributed by atoms with E-state index in [0.29, 0.717) is 22.3 Å². The van der Waals surface area contributed by atoms with Gasteiger partial charge in [-0.2, -0.15) is 0 Å². The maximum atomic E-state index is 13.9. The van der Waals surface area contributed by atoms with Crippen LogP contribution in [0.25, 0.3) is 0 Å². The molecule has 2 heterocycles. The van der Waals surface area contributed by atoms with Crippen molar-refractivity contribution in [1.29, 1.82) is 0 Å². The quantitative estimate of drug-likeness (QED) is 0.219. The first kappa shape index (κ1) is 31.6. The second-order valence-corrected chi connectivity index (χ2v) is 12.9. The van der Waals surface area contributed by atoms with Crippen LogP contribution >= 0.6 is 0 Å². The number of benzene rings is 2.